The maximum atomic E-state index is 13.1. The molecule has 0 aromatic heterocycles. The van der Waals surface area contributed by atoms with Crippen molar-refractivity contribution in [1.82, 2.24) is 4.90 Å². The smallest absolute Gasteiger partial charge is 0.254 e. The molecule has 5 heteroatoms. The van der Waals surface area contributed by atoms with Crippen LogP contribution in [0.5, 0.6) is 5.75 Å². The predicted molar refractivity (Wildman–Crippen MR) is 107 cm³/mol. The molecule has 4 rings (SSSR count). The van der Waals surface area contributed by atoms with E-state index in [1.165, 1.54) is 16.7 Å². The topological polar surface area (TPSA) is 59.0 Å². The minimum absolute atomic E-state index is 0.00336. The van der Waals surface area contributed by atoms with E-state index in [0.29, 0.717) is 26.2 Å². The normalized spacial score (nSPS) is 21.7. The lowest BCUT2D eigenvalue weighted by atomic mass is 9.91. The first-order valence-corrected chi connectivity index (χ1v) is 9.81. The molecule has 28 heavy (non-hydrogen) atoms. The Hall–Kier alpha value is -2.37. The Labute approximate surface area is 165 Å². The van der Waals surface area contributed by atoms with Gasteiger partial charge in [0.2, 0.25) is 0 Å². The average Bonchev–Trinajstić information content (AvgIpc) is 3.03. The molecule has 0 spiro atoms. The number of carbonyl (C=O) groups excluding carboxylic acids is 1. The quantitative estimate of drug-likeness (QED) is 0.885. The molecular formula is C23H27NO4. The van der Waals surface area contributed by atoms with Crippen molar-refractivity contribution in [2.75, 3.05) is 20.3 Å². The van der Waals surface area contributed by atoms with E-state index in [1.54, 1.807) is 12.0 Å². The summed E-state index contributed by atoms with van der Waals surface area (Å²) in [5.41, 5.74) is 6.59. The Kier molecular flexibility index (Phi) is 5.13. The molecule has 148 valence electrons. The fourth-order valence-electron chi connectivity index (χ4n) is 4.25. The molecule has 2 atom stereocenters. The number of nitrogens with zero attached hydrogens (tertiary/aromatic N) is 1. The minimum atomic E-state index is -0.521. The Morgan fingerprint density at radius 3 is 2.64 bits per heavy atom. The number of fused-ring (bicyclic) bond motifs is 1. The van der Waals surface area contributed by atoms with Crippen LogP contribution in [0.2, 0.25) is 0 Å². The highest BCUT2D eigenvalue weighted by molar-refractivity contribution is 5.99. The van der Waals surface area contributed by atoms with Crippen molar-refractivity contribution in [3.63, 3.8) is 0 Å². The van der Waals surface area contributed by atoms with E-state index >= 15 is 0 Å². The second-order valence-electron chi connectivity index (χ2n) is 7.77. The Balaban J connectivity index is 1.63. The van der Waals surface area contributed by atoms with Gasteiger partial charge in [0.15, 0.2) is 0 Å². The van der Waals surface area contributed by atoms with E-state index in [9.17, 15) is 9.90 Å². The summed E-state index contributed by atoms with van der Waals surface area (Å²) in [6.07, 6.45) is 0.824. The second kappa shape index (κ2) is 7.57. The monoisotopic (exact) mass is 381 g/mol. The van der Waals surface area contributed by atoms with Crippen molar-refractivity contribution in [3.8, 4) is 5.75 Å². The molecule has 2 aromatic carbocycles. The SMILES string of the molecule is COc1ccc(Cc2cc3c(c(C)c2C)CN([C@@H]2COCC[C@H]2O)C3=O)cc1. The lowest BCUT2D eigenvalue weighted by molar-refractivity contribution is -0.0528. The van der Waals surface area contributed by atoms with Crippen molar-refractivity contribution in [2.45, 2.75) is 45.4 Å². The molecule has 1 amide bonds. The number of carbonyl (C=O) groups is 1. The fourth-order valence-corrected chi connectivity index (χ4v) is 4.25. The Morgan fingerprint density at radius 1 is 1.21 bits per heavy atom. The number of aliphatic hydroxyl groups is 1. The Bertz CT molecular complexity index is 890. The summed E-state index contributed by atoms with van der Waals surface area (Å²) in [6, 6.07) is 9.82. The maximum Gasteiger partial charge on any atom is 0.254 e. The summed E-state index contributed by atoms with van der Waals surface area (Å²) in [5.74, 6) is 0.841. The van der Waals surface area contributed by atoms with E-state index in [-0.39, 0.29) is 11.9 Å². The van der Waals surface area contributed by atoms with Gasteiger partial charge in [0.25, 0.3) is 5.91 Å². The molecule has 0 saturated carbocycles. The van der Waals surface area contributed by atoms with E-state index in [0.717, 1.165) is 28.9 Å². The molecule has 0 aliphatic carbocycles. The molecule has 1 fully saturated rings. The summed E-state index contributed by atoms with van der Waals surface area (Å²) in [7, 11) is 1.66. The molecular weight excluding hydrogens is 354 g/mol. The van der Waals surface area contributed by atoms with Crippen LogP contribution in [-0.2, 0) is 17.7 Å². The molecule has 1 saturated heterocycles. The molecule has 2 aliphatic rings. The van der Waals surface area contributed by atoms with Crippen LogP contribution in [0.1, 0.15) is 44.6 Å². The number of hydrogen-bond donors (Lipinski definition) is 1. The summed E-state index contributed by atoms with van der Waals surface area (Å²) < 4.78 is 10.8. The predicted octanol–water partition coefficient (Wildman–Crippen LogP) is 3.01. The standard InChI is InChI=1S/C23H27NO4/c1-14-15(2)20-12-24(21-13-28-9-8-22(21)25)23(26)19(20)11-17(14)10-16-4-6-18(27-3)7-5-16/h4-7,11,21-22,25H,8-10,12-13H2,1-3H3/t21-,22-/m1/s1. The lowest BCUT2D eigenvalue weighted by Crippen LogP contribution is -2.49. The third-order valence-electron chi connectivity index (χ3n) is 6.20. The van der Waals surface area contributed by atoms with Gasteiger partial charge in [-0.05, 0) is 72.7 Å². The number of amides is 1. The number of hydrogen-bond acceptors (Lipinski definition) is 4. The van der Waals surface area contributed by atoms with Crippen LogP contribution in [-0.4, -0.2) is 48.4 Å². The van der Waals surface area contributed by atoms with Gasteiger partial charge < -0.3 is 19.5 Å². The van der Waals surface area contributed by atoms with Gasteiger partial charge in [-0.25, -0.2) is 0 Å². The van der Waals surface area contributed by atoms with E-state index in [1.807, 2.05) is 18.2 Å². The second-order valence-corrected chi connectivity index (χ2v) is 7.77. The summed E-state index contributed by atoms with van der Waals surface area (Å²) >= 11 is 0. The molecule has 1 N–H and O–H groups in total. The third-order valence-corrected chi connectivity index (χ3v) is 6.20. The van der Waals surface area contributed by atoms with Crippen LogP contribution < -0.4 is 4.74 Å². The summed E-state index contributed by atoms with van der Waals surface area (Å²) in [5, 5.41) is 10.4. The van der Waals surface area contributed by atoms with Crippen molar-refractivity contribution in [3.05, 3.63) is 63.7 Å². The van der Waals surface area contributed by atoms with Gasteiger partial charge in [-0.15, -0.1) is 0 Å². The molecule has 2 aromatic rings. The number of benzene rings is 2. The number of aliphatic hydroxyl groups excluding tert-OH is 1. The van der Waals surface area contributed by atoms with Crippen molar-refractivity contribution < 1.29 is 19.4 Å². The third kappa shape index (κ3) is 3.29. The van der Waals surface area contributed by atoms with E-state index in [4.69, 9.17) is 9.47 Å². The molecule has 0 unspecified atom stereocenters. The van der Waals surface area contributed by atoms with Gasteiger partial charge in [-0.1, -0.05) is 12.1 Å². The zero-order valence-corrected chi connectivity index (χ0v) is 16.7. The van der Waals surface area contributed by atoms with Gasteiger partial charge >= 0.3 is 0 Å². The van der Waals surface area contributed by atoms with Crippen LogP contribution in [0.3, 0.4) is 0 Å². The van der Waals surface area contributed by atoms with Gasteiger partial charge in [-0.2, -0.15) is 0 Å². The summed E-state index contributed by atoms with van der Waals surface area (Å²) in [4.78, 5) is 14.9. The number of ether oxygens (including phenoxy) is 2. The van der Waals surface area contributed by atoms with Gasteiger partial charge in [-0.3, -0.25) is 4.79 Å². The maximum absolute atomic E-state index is 13.1. The van der Waals surface area contributed by atoms with Crippen LogP contribution in [0.15, 0.2) is 30.3 Å². The Morgan fingerprint density at radius 2 is 1.96 bits per heavy atom. The first kappa shape index (κ1) is 19.0. The van der Waals surface area contributed by atoms with Crippen molar-refractivity contribution in [1.29, 1.82) is 0 Å². The molecule has 5 nitrogen and oxygen atoms in total. The van der Waals surface area contributed by atoms with Crippen LogP contribution in [0.4, 0.5) is 0 Å². The highest BCUT2D eigenvalue weighted by atomic mass is 16.5. The number of rotatable bonds is 4. The highest BCUT2D eigenvalue weighted by Crippen LogP contribution is 2.33. The highest BCUT2D eigenvalue weighted by Gasteiger charge is 2.39. The van der Waals surface area contributed by atoms with Crippen LogP contribution >= 0.6 is 0 Å². The molecule has 2 heterocycles. The minimum Gasteiger partial charge on any atom is -0.497 e. The zero-order valence-electron chi connectivity index (χ0n) is 16.7. The van der Waals surface area contributed by atoms with Crippen LogP contribution in [0.25, 0.3) is 0 Å². The van der Waals surface area contributed by atoms with E-state index < -0.39 is 6.10 Å². The van der Waals surface area contributed by atoms with Gasteiger partial charge in [0.1, 0.15) is 5.75 Å². The fraction of sp³-hybridized carbons (Fsp3) is 0.435. The average molecular weight is 381 g/mol. The zero-order chi connectivity index (χ0) is 19.8. The van der Waals surface area contributed by atoms with Gasteiger partial charge in [0.05, 0.1) is 25.9 Å². The van der Waals surface area contributed by atoms with Crippen molar-refractivity contribution >= 4 is 5.91 Å². The largest absolute Gasteiger partial charge is 0.497 e. The first-order chi connectivity index (χ1) is 13.5. The number of methoxy groups -OCH3 is 1. The van der Waals surface area contributed by atoms with Crippen molar-refractivity contribution in [2.24, 2.45) is 0 Å². The van der Waals surface area contributed by atoms with E-state index in [2.05, 4.69) is 26.0 Å². The molecule has 0 radical (unpaired) electrons. The first-order valence-electron chi connectivity index (χ1n) is 9.81. The summed E-state index contributed by atoms with van der Waals surface area (Å²) in [6.45, 7) is 5.72. The van der Waals surface area contributed by atoms with Gasteiger partial charge in [0, 0.05) is 18.7 Å². The molecule has 0 bridgehead atoms. The lowest BCUT2D eigenvalue weighted by Gasteiger charge is -2.34. The molecule has 2 aliphatic heterocycles. The van der Waals surface area contributed by atoms with Crippen LogP contribution in [0, 0.1) is 13.8 Å².